The standard InChI is InChI=1S/C20H16ClN3O4/c1-25-17-8-5-14(12-18(17)26-2)19-23-20(28-24-19)16(21)11-13-3-6-15(7-4-13)27-10-9-22/h3-8,11-12H,10H2,1-2H3/b16-11-. The van der Waals surface area contributed by atoms with Gasteiger partial charge in [-0.2, -0.15) is 10.2 Å². The van der Waals surface area contributed by atoms with Crippen LogP contribution in [0, 0.1) is 11.3 Å². The summed E-state index contributed by atoms with van der Waals surface area (Å²) in [6.45, 7) is -0.00313. The molecular weight excluding hydrogens is 382 g/mol. The van der Waals surface area contributed by atoms with Crippen molar-refractivity contribution in [3.8, 4) is 34.7 Å². The van der Waals surface area contributed by atoms with E-state index in [1.54, 1.807) is 62.8 Å². The van der Waals surface area contributed by atoms with Crippen molar-refractivity contribution >= 4 is 22.7 Å². The molecule has 0 bridgehead atoms. The van der Waals surface area contributed by atoms with Crippen LogP contribution in [0.2, 0.25) is 0 Å². The molecule has 0 amide bonds. The lowest BCUT2D eigenvalue weighted by Gasteiger charge is -2.07. The Balaban J connectivity index is 1.79. The number of ether oxygens (including phenoxy) is 3. The molecule has 0 fully saturated rings. The molecule has 8 heteroatoms. The number of hydrogen-bond donors (Lipinski definition) is 0. The molecule has 0 spiro atoms. The molecule has 0 aliphatic rings. The Morgan fingerprint density at radius 1 is 1.14 bits per heavy atom. The first-order chi connectivity index (χ1) is 13.6. The number of methoxy groups -OCH3 is 2. The van der Waals surface area contributed by atoms with E-state index in [9.17, 15) is 0 Å². The molecule has 0 saturated heterocycles. The van der Waals surface area contributed by atoms with Gasteiger partial charge in [0.1, 0.15) is 16.9 Å². The molecule has 0 aliphatic carbocycles. The second-order valence-corrected chi connectivity index (χ2v) is 5.91. The minimum atomic E-state index is -0.00313. The fraction of sp³-hybridized carbons (Fsp3) is 0.150. The van der Waals surface area contributed by atoms with E-state index in [4.69, 9.17) is 35.6 Å². The maximum atomic E-state index is 8.53. The highest BCUT2D eigenvalue weighted by atomic mass is 35.5. The third-order valence-corrected chi connectivity index (χ3v) is 4.02. The normalized spacial score (nSPS) is 11.0. The summed E-state index contributed by atoms with van der Waals surface area (Å²) < 4.78 is 21.0. The van der Waals surface area contributed by atoms with E-state index < -0.39 is 0 Å². The lowest BCUT2D eigenvalue weighted by molar-refractivity contribution is 0.355. The zero-order valence-corrected chi connectivity index (χ0v) is 15.9. The maximum Gasteiger partial charge on any atom is 0.269 e. The largest absolute Gasteiger partial charge is 0.493 e. The summed E-state index contributed by atoms with van der Waals surface area (Å²) in [5.41, 5.74) is 1.52. The third kappa shape index (κ3) is 4.42. The van der Waals surface area contributed by atoms with Crippen LogP contribution < -0.4 is 14.2 Å². The van der Waals surface area contributed by atoms with Crippen LogP contribution in [0.25, 0.3) is 22.5 Å². The molecule has 0 atom stereocenters. The van der Waals surface area contributed by atoms with Gasteiger partial charge in [0.25, 0.3) is 5.89 Å². The fourth-order valence-electron chi connectivity index (χ4n) is 2.40. The van der Waals surface area contributed by atoms with Crippen molar-refractivity contribution in [1.82, 2.24) is 10.1 Å². The van der Waals surface area contributed by atoms with Gasteiger partial charge < -0.3 is 18.7 Å². The van der Waals surface area contributed by atoms with Crippen molar-refractivity contribution in [3.63, 3.8) is 0 Å². The number of hydrogen-bond acceptors (Lipinski definition) is 7. The van der Waals surface area contributed by atoms with E-state index in [0.29, 0.717) is 33.7 Å². The maximum absolute atomic E-state index is 8.53. The molecule has 2 aromatic carbocycles. The van der Waals surface area contributed by atoms with Crippen LogP contribution >= 0.6 is 11.6 Å². The van der Waals surface area contributed by atoms with Crippen molar-refractivity contribution in [3.05, 3.63) is 53.9 Å². The summed E-state index contributed by atoms with van der Waals surface area (Å²) in [6, 6.07) is 14.3. The Morgan fingerprint density at radius 2 is 1.89 bits per heavy atom. The van der Waals surface area contributed by atoms with Crippen LogP contribution in [-0.2, 0) is 0 Å². The van der Waals surface area contributed by atoms with Gasteiger partial charge in [-0.3, -0.25) is 0 Å². The van der Waals surface area contributed by atoms with Gasteiger partial charge in [-0.15, -0.1) is 0 Å². The van der Waals surface area contributed by atoms with Crippen molar-refractivity contribution < 1.29 is 18.7 Å². The number of halogens is 1. The summed E-state index contributed by atoms with van der Waals surface area (Å²) >= 11 is 6.32. The topological polar surface area (TPSA) is 90.4 Å². The average molecular weight is 398 g/mol. The van der Waals surface area contributed by atoms with Crippen molar-refractivity contribution in [2.45, 2.75) is 0 Å². The Hall–Kier alpha value is -3.50. The van der Waals surface area contributed by atoms with Gasteiger partial charge in [0.15, 0.2) is 18.1 Å². The second-order valence-electron chi connectivity index (χ2n) is 5.50. The van der Waals surface area contributed by atoms with E-state index in [0.717, 1.165) is 5.56 Å². The van der Waals surface area contributed by atoms with Crippen LogP contribution in [0.1, 0.15) is 11.5 Å². The van der Waals surface area contributed by atoms with Crippen LogP contribution in [0.4, 0.5) is 0 Å². The number of aromatic nitrogens is 2. The molecule has 1 aromatic heterocycles. The van der Waals surface area contributed by atoms with Crippen LogP contribution in [0.5, 0.6) is 17.2 Å². The smallest absolute Gasteiger partial charge is 0.269 e. The minimum Gasteiger partial charge on any atom is -0.493 e. The molecule has 0 N–H and O–H groups in total. The highest BCUT2D eigenvalue weighted by Crippen LogP contribution is 2.32. The van der Waals surface area contributed by atoms with Gasteiger partial charge >= 0.3 is 0 Å². The van der Waals surface area contributed by atoms with E-state index in [2.05, 4.69) is 10.1 Å². The van der Waals surface area contributed by atoms with Gasteiger partial charge in [-0.1, -0.05) is 28.9 Å². The molecule has 142 valence electrons. The highest BCUT2D eigenvalue weighted by molar-refractivity contribution is 6.50. The summed E-state index contributed by atoms with van der Waals surface area (Å²) in [6.07, 6.45) is 1.70. The lowest BCUT2D eigenvalue weighted by atomic mass is 10.2. The Bertz CT molecular complexity index is 1020. The van der Waals surface area contributed by atoms with E-state index >= 15 is 0 Å². The van der Waals surface area contributed by atoms with Crippen LogP contribution in [0.15, 0.2) is 47.0 Å². The number of nitrogens with zero attached hydrogens (tertiary/aromatic N) is 3. The molecule has 3 aromatic rings. The fourth-order valence-corrected chi connectivity index (χ4v) is 2.60. The number of benzene rings is 2. The summed E-state index contributed by atoms with van der Waals surface area (Å²) in [5, 5.41) is 12.8. The lowest BCUT2D eigenvalue weighted by Crippen LogP contribution is -1.92. The first-order valence-electron chi connectivity index (χ1n) is 8.18. The van der Waals surface area contributed by atoms with Crippen LogP contribution in [-0.4, -0.2) is 31.0 Å². The predicted octanol–water partition coefficient (Wildman–Crippen LogP) is 4.39. The molecule has 3 rings (SSSR count). The second kappa shape index (κ2) is 8.93. The Morgan fingerprint density at radius 3 is 2.57 bits per heavy atom. The molecular formula is C20H16ClN3O4. The average Bonchev–Trinajstić information content (AvgIpc) is 3.23. The van der Waals surface area contributed by atoms with Crippen LogP contribution in [0.3, 0.4) is 0 Å². The first kappa shape index (κ1) is 19.3. The quantitative estimate of drug-likeness (QED) is 0.583. The van der Waals surface area contributed by atoms with E-state index in [1.807, 2.05) is 6.07 Å². The molecule has 28 heavy (non-hydrogen) atoms. The molecule has 0 aliphatic heterocycles. The predicted molar refractivity (Wildman–Crippen MR) is 104 cm³/mol. The Labute approximate surface area is 166 Å². The van der Waals surface area contributed by atoms with Crippen molar-refractivity contribution in [1.29, 1.82) is 5.26 Å². The van der Waals surface area contributed by atoms with Gasteiger partial charge in [0, 0.05) is 5.56 Å². The molecule has 1 heterocycles. The Kier molecular flexibility index (Phi) is 6.14. The summed E-state index contributed by atoms with van der Waals surface area (Å²) in [5.74, 6) is 2.34. The summed E-state index contributed by atoms with van der Waals surface area (Å²) in [4.78, 5) is 4.33. The third-order valence-electron chi connectivity index (χ3n) is 3.75. The van der Waals surface area contributed by atoms with Crippen molar-refractivity contribution in [2.75, 3.05) is 20.8 Å². The van der Waals surface area contributed by atoms with Crippen molar-refractivity contribution in [2.24, 2.45) is 0 Å². The molecule has 0 unspecified atom stereocenters. The molecule has 7 nitrogen and oxygen atoms in total. The molecule has 0 radical (unpaired) electrons. The SMILES string of the molecule is COc1ccc(-c2noc(/C(Cl)=C/c3ccc(OCC#N)cc3)n2)cc1OC. The number of nitriles is 1. The van der Waals surface area contributed by atoms with Gasteiger partial charge in [-0.25, -0.2) is 0 Å². The minimum absolute atomic E-state index is 0.00313. The summed E-state index contributed by atoms with van der Waals surface area (Å²) in [7, 11) is 3.12. The first-order valence-corrected chi connectivity index (χ1v) is 8.56. The number of rotatable bonds is 7. The molecule has 0 saturated carbocycles. The van der Waals surface area contributed by atoms with E-state index in [-0.39, 0.29) is 12.5 Å². The van der Waals surface area contributed by atoms with E-state index in [1.165, 1.54) is 0 Å². The monoisotopic (exact) mass is 397 g/mol. The zero-order valence-electron chi connectivity index (χ0n) is 15.2. The zero-order chi connectivity index (χ0) is 19.9. The van der Waals surface area contributed by atoms with Gasteiger partial charge in [0.05, 0.1) is 14.2 Å². The van der Waals surface area contributed by atoms with Gasteiger partial charge in [-0.05, 0) is 42.0 Å². The highest BCUT2D eigenvalue weighted by Gasteiger charge is 2.14. The van der Waals surface area contributed by atoms with Gasteiger partial charge in [0.2, 0.25) is 5.82 Å².